The van der Waals surface area contributed by atoms with Gasteiger partial charge in [-0.15, -0.1) is 5.10 Å². The lowest BCUT2D eigenvalue weighted by Crippen LogP contribution is -2.23. The fraction of sp³-hybridized carbons (Fsp3) is 0.577. The number of unbranched alkanes of at least 4 members (excludes halogenated alkanes) is 6. The van der Waals surface area contributed by atoms with Gasteiger partial charge < -0.3 is 14.8 Å². The van der Waals surface area contributed by atoms with Crippen LogP contribution in [0.5, 0.6) is 11.5 Å². The number of benzene rings is 1. The topological polar surface area (TPSA) is 73.3 Å². The van der Waals surface area contributed by atoms with E-state index in [1.54, 1.807) is 18.2 Å². The third-order valence-electron chi connectivity index (χ3n) is 6.29. The molecule has 0 radical (unpaired) electrons. The Morgan fingerprint density at radius 1 is 0.906 bits per heavy atom. The monoisotopic (exact) mass is 441 g/mol. The van der Waals surface area contributed by atoms with Crippen LogP contribution in [0.25, 0.3) is 0 Å². The van der Waals surface area contributed by atoms with Gasteiger partial charge in [-0.1, -0.05) is 71.8 Å². The van der Waals surface area contributed by atoms with Crippen LogP contribution in [0.4, 0.5) is 5.82 Å². The molecule has 1 aromatic heterocycles. The van der Waals surface area contributed by atoms with Crippen LogP contribution in [0.3, 0.4) is 0 Å². The number of anilines is 1. The van der Waals surface area contributed by atoms with E-state index in [4.69, 9.17) is 9.47 Å². The van der Waals surface area contributed by atoms with Crippen LogP contribution in [-0.2, 0) is 5.41 Å². The Bertz CT molecular complexity index is 816. The predicted octanol–water partition coefficient (Wildman–Crippen LogP) is 6.55. The van der Waals surface area contributed by atoms with E-state index in [1.807, 2.05) is 12.1 Å². The van der Waals surface area contributed by atoms with E-state index in [-0.39, 0.29) is 11.3 Å². The normalized spacial score (nSPS) is 12.8. The Hall–Kier alpha value is -2.63. The number of carbonyl (C=O) groups excluding carboxylic acids is 1. The largest absolute Gasteiger partial charge is 0.496 e. The quantitative estimate of drug-likeness (QED) is 0.336. The Morgan fingerprint density at radius 3 is 2.06 bits per heavy atom. The molecule has 1 amide bonds. The maximum Gasteiger partial charge on any atom is 0.264 e. The average Bonchev–Trinajstić information content (AvgIpc) is 2.83. The Labute approximate surface area is 193 Å². The van der Waals surface area contributed by atoms with E-state index in [2.05, 4.69) is 36.3 Å². The molecule has 2 rings (SSSR count). The molecule has 1 N–H and O–H groups in total. The van der Waals surface area contributed by atoms with Crippen LogP contribution >= 0.6 is 0 Å². The van der Waals surface area contributed by atoms with E-state index >= 15 is 0 Å². The molecule has 6 nitrogen and oxygen atoms in total. The molecule has 6 heteroatoms. The molecule has 176 valence electrons. The number of aromatic nitrogens is 2. The fourth-order valence-electron chi connectivity index (χ4n) is 3.93. The first-order chi connectivity index (χ1) is 15.5. The molecule has 0 saturated carbocycles. The SMILES string of the molecule is CCCCCCCCCC(C)(CC)c1ccc(NC(=O)c2c(OC)cccc2OC)nn1. The van der Waals surface area contributed by atoms with Crippen molar-refractivity contribution in [3.8, 4) is 11.5 Å². The van der Waals surface area contributed by atoms with Gasteiger partial charge in [0.05, 0.1) is 19.9 Å². The second-order valence-electron chi connectivity index (χ2n) is 8.58. The minimum atomic E-state index is -0.345. The molecule has 0 aliphatic heterocycles. The zero-order valence-electron chi connectivity index (χ0n) is 20.4. The second kappa shape index (κ2) is 13.0. The molecule has 0 saturated heterocycles. The van der Waals surface area contributed by atoms with Gasteiger partial charge in [0.2, 0.25) is 0 Å². The highest BCUT2D eigenvalue weighted by atomic mass is 16.5. The molecule has 32 heavy (non-hydrogen) atoms. The highest BCUT2D eigenvalue weighted by molar-refractivity contribution is 6.07. The summed E-state index contributed by atoms with van der Waals surface area (Å²) in [6.07, 6.45) is 11.2. The molecule has 0 fully saturated rings. The summed E-state index contributed by atoms with van der Waals surface area (Å²) in [6, 6.07) is 9.03. The molecule has 1 atom stereocenters. The van der Waals surface area contributed by atoms with Crippen LogP contribution in [0.2, 0.25) is 0 Å². The first-order valence-corrected chi connectivity index (χ1v) is 11.9. The maximum absolute atomic E-state index is 12.8. The van der Waals surface area contributed by atoms with E-state index in [0.29, 0.717) is 22.9 Å². The first-order valence-electron chi connectivity index (χ1n) is 11.9. The zero-order valence-corrected chi connectivity index (χ0v) is 20.4. The van der Waals surface area contributed by atoms with Crippen LogP contribution in [0, 0.1) is 0 Å². The lowest BCUT2D eigenvalue weighted by atomic mass is 9.79. The minimum Gasteiger partial charge on any atom is -0.496 e. The summed E-state index contributed by atoms with van der Waals surface area (Å²) in [4.78, 5) is 12.8. The minimum absolute atomic E-state index is 0.00910. The average molecular weight is 442 g/mol. The van der Waals surface area contributed by atoms with Crippen molar-refractivity contribution in [1.29, 1.82) is 0 Å². The van der Waals surface area contributed by atoms with Gasteiger partial charge in [-0.25, -0.2) is 0 Å². The van der Waals surface area contributed by atoms with Gasteiger partial charge in [0, 0.05) is 5.41 Å². The van der Waals surface area contributed by atoms with Gasteiger partial charge >= 0.3 is 0 Å². The summed E-state index contributed by atoms with van der Waals surface area (Å²) in [5.74, 6) is 0.947. The number of amides is 1. The van der Waals surface area contributed by atoms with Gasteiger partial charge in [0.25, 0.3) is 5.91 Å². The first kappa shape index (κ1) is 25.6. The summed E-state index contributed by atoms with van der Waals surface area (Å²) >= 11 is 0. The van der Waals surface area contributed by atoms with E-state index in [1.165, 1.54) is 59.2 Å². The standard InChI is InChI=1S/C26H39N3O3/c1-6-8-9-10-11-12-13-19-26(3,7-2)22-17-18-23(29-28-22)27-25(30)24-20(31-4)15-14-16-21(24)32-5/h14-18H,6-13,19H2,1-5H3,(H,27,29,30). The summed E-state index contributed by atoms with van der Waals surface area (Å²) in [6.45, 7) is 6.71. The fourth-order valence-corrected chi connectivity index (χ4v) is 3.93. The lowest BCUT2D eigenvalue weighted by molar-refractivity contribution is 0.102. The van der Waals surface area contributed by atoms with Gasteiger partial charge in [-0.2, -0.15) is 5.10 Å². The van der Waals surface area contributed by atoms with Crippen molar-refractivity contribution in [3.05, 3.63) is 41.6 Å². The summed E-state index contributed by atoms with van der Waals surface area (Å²) in [7, 11) is 3.05. The molecule has 0 aliphatic rings. The number of ether oxygens (including phenoxy) is 2. The van der Waals surface area contributed by atoms with Crippen LogP contribution in [0.1, 0.15) is 94.6 Å². The molecule has 1 unspecified atom stereocenters. The molecule has 0 bridgehead atoms. The number of hydrogen-bond acceptors (Lipinski definition) is 5. The predicted molar refractivity (Wildman–Crippen MR) is 130 cm³/mol. The van der Waals surface area contributed by atoms with E-state index < -0.39 is 0 Å². The van der Waals surface area contributed by atoms with Crippen molar-refractivity contribution in [1.82, 2.24) is 10.2 Å². The highest BCUT2D eigenvalue weighted by Crippen LogP contribution is 2.32. The summed E-state index contributed by atoms with van der Waals surface area (Å²) < 4.78 is 10.6. The van der Waals surface area contributed by atoms with Crippen LogP contribution in [-0.4, -0.2) is 30.3 Å². The summed E-state index contributed by atoms with van der Waals surface area (Å²) in [5, 5.41) is 11.6. The van der Waals surface area contributed by atoms with Crippen molar-refractivity contribution < 1.29 is 14.3 Å². The lowest BCUT2D eigenvalue weighted by Gasteiger charge is -2.27. The van der Waals surface area contributed by atoms with Crippen molar-refractivity contribution in [2.45, 2.75) is 84.0 Å². The number of nitrogens with one attached hydrogen (secondary N) is 1. The molecule has 1 heterocycles. The Balaban J connectivity index is 2.00. The Kier molecular flexibility index (Phi) is 10.4. The van der Waals surface area contributed by atoms with Crippen molar-refractivity contribution in [2.75, 3.05) is 19.5 Å². The molecular formula is C26H39N3O3. The third kappa shape index (κ3) is 6.94. The maximum atomic E-state index is 12.8. The van der Waals surface area contributed by atoms with Crippen molar-refractivity contribution >= 4 is 11.7 Å². The highest BCUT2D eigenvalue weighted by Gasteiger charge is 2.26. The molecule has 0 spiro atoms. The number of methoxy groups -OCH3 is 2. The molecular weight excluding hydrogens is 402 g/mol. The molecule has 0 aliphatic carbocycles. The van der Waals surface area contributed by atoms with Crippen molar-refractivity contribution in [2.24, 2.45) is 0 Å². The Morgan fingerprint density at radius 2 is 1.53 bits per heavy atom. The number of nitrogens with zero attached hydrogens (tertiary/aromatic N) is 2. The van der Waals surface area contributed by atoms with Crippen LogP contribution in [0.15, 0.2) is 30.3 Å². The van der Waals surface area contributed by atoms with Crippen LogP contribution < -0.4 is 14.8 Å². The zero-order chi connectivity index (χ0) is 23.4. The second-order valence-corrected chi connectivity index (χ2v) is 8.58. The van der Waals surface area contributed by atoms with E-state index in [0.717, 1.165) is 18.5 Å². The van der Waals surface area contributed by atoms with E-state index in [9.17, 15) is 4.79 Å². The number of hydrogen-bond donors (Lipinski definition) is 1. The van der Waals surface area contributed by atoms with Gasteiger partial charge in [0.1, 0.15) is 17.1 Å². The number of rotatable bonds is 14. The summed E-state index contributed by atoms with van der Waals surface area (Å²) in [5.41, 5.74) is 1.30. The smallest absolute Gasteiger partial charge is 0.264 e. The van der Waals surface area contributed by atoms with Gasteiger partial charge in [-0.3, -0.25) is 4.79 Å². The van der Waals surface area contributed by atoms with Gasteiger partial charge in [0.15, 0.2) is 5.82 Å². The molecule has 2 aromatic rings. The third-order valence-corrected chi connectivity index (χ3v) is 6.29. The molecule has 1 aromatic carbocycles. The van der Waals surface area contributed by atoms with Crippen molar-refractivity contribution in [3.63, 3.8) is 0 Å². The number of carbonyl (C=O) groups is 1. The van der Waals surface area contributed by atoms with Gasteiger partial charge in [-0.05, 0) is 37.1 Å².